The van der Waals surface area contributed by atoms with E-state index in [9.17, 15) is 4.79 Å². The molecule has 1 amide bonds. The molecule has 0 saturated heterocycles. The van der Waals surface area contributed by atoms with Crippen LogP contribution in [-0.4, -0.2) is 31.5 Å². The van der Waals surface area contributed by atoms with Crippen LogP contribution in [-0.2, 0) is 4.79 Å². The summed E-state index contributed by atoms with van der Waals surface area (Å²) in [6, 6.07) is 7.84. The molecule has 0 aliphatic heterocycles. The second-order valence-electron chi connectivity index (χ2n) is 5.48. The van der Waals surface area contributed by atoms with Crippen LogP contribution in [0.2, 0.25) is 0 Å². The Bertz CT molecular complexity index is 505. The lowest BCUT2D eigenvalue weighted by Crippen LogP contribution is -2.44. The van der Waals surface area contributed by atoms with Crippen molar-refractivity contribution in [1.29, 1.82) is 0 Å². The minimum atomic E-state index is -0.0258. The van der Waals surface area contributed by atoms with E-state index < -0.39 is 0 Å². The summed E-state index contributed by atoms with van der Waals surface area (Å²) in [7, 11) is 1.73. The molecule has 1 unspecified atom stereocenters. The first kappa shape index (κ1) is 22.2. The average Bonchev–Trinajstić information content (AvgIpc) is 2.48. The number of halogens is 2. The molecular formula is C16H26BrIN4O. The molecule has 5 nitrogen and oxygen atoms in total. The van der Waals surface area contributed by atoms with Crippen LogP contribution in [0, 0.1) is 5.92 Å². The summed E-state index contributed by atoms with van der Waals surface area (Å²) >= 11 is 3.36. The molecule has 0 fully saturated rings. The third kappa shape index (κ3) is 9.14. The SMILES string of the molecule is CN=C(NCCC(=O)Nc1ccc(Br)cc1)NC(C)C(C)C.I. The Morgan fingerprint density at radius 1 is 1.22 bits per heavy atom. The van der Waals surface area contributed by atoms with Gasteiger partial charge in [-0.15, -0.1) is 24.0 Å². The van der Waals surface area contributed by atoms with Crippen molar-refractivity contribution in [2.75, 3.05) is 18.9 Å². The average molecular weight is 497 g/mol. The number of amides is 1. The molecule has 1 rings (SSSR count). The number of aliphatic imine (C=N–C) groups is 1. The molecule has 0 saturated carbocycles. The summed E-state index contributed by atoms with van der Waals surface area (Å²) in [4.78, 5) is 16.0. The van der Waals surface area contributed by atoms with Gasteiger partial charge in [-0.25, -0.2) is 0 Å². The maximum absolute atomic E-state index is 11.9. The molecule has 7 heteroatoms. The highest BCUT2D eigenvalue weighted by molar-refractivity contribution is 14.0. The zero-order valence-electron chi connectivity index (χ0n) is 14.0. The van der Waals surface area contributed by atoms with Gasteiger partial charge in [0.2, 0.25) is 5.91 Å². The predicted molar refractivity (Wildman–Crippen MR) is 112 cm³/mol. The lowest BCUT2D eigenvalue weighted by atomic mass is 10.1. The first-order valence-electron chi connectivity index (χ1n) is 7.45. The van der Waals surface area contributed by atoms with Crippen LogP contribution in [0.5, 0.6) is 0 Å². The standard InChI is InChI=1S/C16H25BrN4O.HI/c1-11(2)12(3)20-16(18-4)19-10-9-15(22)21-14-7-5-13(17)6-8-14;/h5-8,11-12H,9-10H2,1-4H3,(H,21,22)(H2,18,19,20);1H. The molecule has 23 heavy (non-hydrogen) atoms. The maximum atomic E-state index is 11.9. The summed E-state index contributed by atoms with van der Waals surface area (Å²) in [5.41, 5.74) is 0.795. The number of hydrogen-bond acceptors (Lipinski definition) is 2. The maximum Gasteiger partial charge on any atom is 0.226 e. The topological polar surface area (TPSA) is 65.5 Å². The van der Waals surface area contributed by atoms with Gasteiger partial charge in [-0.2, -0.15) is 0 Å². The van der Waals surface area contributed by atoms with Gasteiger partial charge in [0.15, 0.2) is 5.96 Å². The fourth-order valence-electron chi connectivity index (χ4n) is 1.63. The van der Waals surface area contributed by atoms with Gasteiger partial charge in [-0.3, -0.25) is 9.79 Å². The predicted octanol–water partition coefficient (Wildman–Crippen LogP) is 3.61. The summed E-state index contributed by atoms with van der Waals surface area (Å²) in [6.07, 6.45) is 0.382. The highest BCUT2D eigenvalue weighted by Gasteiger charge is 2.09. The van der Waals surface area contributed by atoms with E-state index in [1.165, 1.54) is 0 Å². The number of anilines is 1. The van der Waals surface area contributed by atoms with Crippen molar-refractivity contribution in [3.8, 4) is 0 Å². The van der Waals surface area contributed by atoms with Crippen molar-refractivity contribution in [2.45, 2.75) is 33.2 Å². The number of hydrogen-bond donors (Lipinski definition) is 3. The van der Waals surface area contributed by atoms with Crippen molar-refractivity contribution in [2.24, 2.45) is 10.9 Å². The lowest BCUT2D eigenvalue weighted by Gasteiger charge is -2.20. The van der Waals surface area contributed by atoms with E-state index in [0.29, 0.717) is 24.9 Å². The first-order valence-corrected chi connectivity index (χ1v) is 8.24. The van der Waals surface area contributed by atoms with Gasteiger partial charge in [0.1, 0.15) is 0 Å². The second-order valence-corrected chi connectivity index (χ2v) is 6.40. The largest absolute Gasteiger partial charge is 0.356 e. The van der Waals surface area contributed by atoms with E-state index in [0.717, 1.165) is 16.1 Å². The van der Waals surface area contributed by atoms with Crippen molar-refractivity contribution in [3.63, 3.8) is 0 Å². The van der Waals surface area contributed by atoms with E-state index in [1.807, 2.05) is 24.3 Å². The van der Waals surface area contributed by atoms with E-state index in [-0.39, 0.29) is 29.9 Å². The second kappa shape index (κ2) is 11.7. The smallest absolute Gasteiger partial charge is 0.226 e. The van der Waals surface area contributed by atoms with Crippen LogP contribution in [0.1, 0.15) is 27.2 Å². The summed E-state index contributed by atoms with van der Waals surface area (Å²) < 4.78 is 0.987. The van der Waals surface area contributed by atoms with E-state index in [2.05, 4.69) is 57.6 Å². The fraction of sp³-hybridized carbons (Fsp3) is 0.500. The number of nitrogens with zero attached hydrogens (tertiary/aromatic N) is 1. The van der Waals surface area contributed by atoms with Gasteiger partial charge >= 0.3 is 0 Å². The highest BCUT2D eigenvalue weighted by atomic mass is 127. The Kier molecular flexibility index (Phi) is 11.2. The Morgan fingerprint density at radius 2 is 1.83 bits per heavy atom. The molecule has 0 aliphatic rings. The quantitative estimate of drug-likeness (QED) is 0.320. The van der Waals surface area contributed by atoms with Gasteiger partial charge in [-0.05, 0) is 37.1 Å². The summed E-state index contributed by atoms with van der Waals surface area (Å²) in [5, 5.41) is 9.31. The van der Waals surface area contributed by atoms with Crippen LogP contribution in [0.15, 0.2) is 33.7 Å². The van der Waals surface area contributed by atoms with Crippen molar-refractivity contribution in [3.05, 3.63) is 28.7 Å². The van der Waals surface area contributed by atoms with E-state index >= 15 is 0 Å². The normalized spacial score (nSPS) is 12.3. The number of carbonyl (C=O) groups excluding carboxylic acids is 1. The van der Waals surface area contributed by atoms with Gasteiger partial charge in [0, 0.05) is 36.2 Å². The number of nitrogens with one attached hydrogen (secondary N) is 3. The molecule has 1 aromatic carbocycles. The molecule has 0 bridgehead atoms. The monoisotopic (exact) mass is 496 g/mol. The number of carbonyl (C=O) groups is 1. The lowest BCUT2D eigenvalue weighted by molar-refractivity contribution is -0.116. The molecule has 1 aromatic rings. The fourth-order valence-corrected chi connectivity index (χ4v) is 1.89. The van der Waals surface area contributed by atoms with Crippen LogP contribution < -0.4 is 16.0 Å². The highest BCUT2D eigenvalue weighted by Crippen LogP contribution is 2.14. The molecule has 0 aliphatic carbocycles. The number of benzene rings is 1. The van der Waals surface area contributed by atoms with E-state index in [4.69, 9.17) is 0 Å². The summed E-state index contributed by atoms with van der Waals surface area (Å²) in [5.74, 6) is 1.21. The van der Waals surface area contributed by atoms with Gasteiger partial charge in [0.05, 0.1) is 0 Å². The van der Waals surface area contributed by atoms with Crippen molar-refractivity contribution >= 4 is 57.5 Å². The molecule has 0 spiro atoms. The molecule has 0 heterocycles. The van der Waals surface area contributed by atoms with Crippen LogP contribution in [0.4, 0.5) is 5.69 Å². The van der Waals surface area contributed by atoms with Crippen molar-refractivity contribution < 1.29 is 4.79 Å². The molecule has 0 radical (unpaired) electrons. The molecule has 130 valence electrons. The number of rotatable bonds is 6. The zero-order chi connectivity index (χ0) is 16.5. The molecule has 3 N–H and O–H groups in total. The Balaban J connectivity index is 0.00000484. The first-order chi connectivity index (χ1) is 10.4. The van der Waals surface area contributed by atoms with Crippen LogP contribution >= 0.6 is 39.9 Å². The Hall–Kier alpha value is -0.830. The van der Waals surface area contributed by atoms with Gasteiger partial charge in [0.25, 0.3) is 0 Å². The third-order valence-electron chi connectivity index (χ3n) is 3.36. The van der Waals surface area contributed by atoms with Crippen LogP contribution in [0.3, 0.4) is 0 Å². The van der Waals surface area contributed by atoms with E-state index in [1.54, 1.807) is 7.05 Å². The van der Waals surface area contributed by atoms with Crippen molar-refractivity contribution in [1.82, 2.24) is 10.6 Å². The van der Waals surface area contributed by atoms with Crippen LogP contribution in [0.25, 0.3) is 0 Å². The minimum absolute atomic E-state index is 0. The number of guanidine groups is 1. The molecule has 1 atom stereocenters. The Labute approximate surface area is 164 Å². The zero-order valence-corrected chi connectivity index (χ0v) is 17.9. The summed E-state index contributed by atoms with van der Waals surface area (Å²) in [6.45, 7) is 6.94. The third-order valence-corrected chi connectivity index (χ3v) is 3.89. The molecular weight excluding hydrogens is 471 g/mol. The van der Waals surface area contributed by atoms with Gasteiger partial charge in [-0.1, -0.05) is 29.8 Å². The molecule has 0 aromatic heterocycles. The van der Waals surface area contributed by atoms with Gasteiger partial charge < -0.3 is 16.0 Å². The minimum Gasteiger partial charge on any atom is -0.356 e. The Morgan fingerprint density at radius 3 is 2.35 bits per heavy atom.